The number of halogens is 2. The van der Waals surface area contributed by atoms with Crippen LogP contribution in [0.4, 0.5) is 10.1 Å². The number of carbonyl (C=O) groups excluding carboxylic acids is 2. The van der Waals surface area contributed by atoms with Crippen LogP contribution in [0.25, 0.3) is 11.0 Å². The number of hydrogen-bond acceptors (Lipinski definition) is 7. The van der Waals surface area contributed by atoms with Crippen LogP contribution in [0.1, 0.15) is 53.9 Å². The van der Waals surface area contributed by atoms with Gasteiger partial charge in [0, 0.05) is 30.0 Å². The van der Waals surface area contributed by atoms with Crippen molar-refractivity contribution in [3.8, 4) is 0 Å². The van der Waals surface area contributed by atoms with E-state index in [1.54, 1.807) is 19.2 Å². The van der Waals surface area contributed by atoms with Gasteiger partial charge in [0.05, 0.1) is 40.2 Å². The molecule has 0 amide bonds. The van der Waals surface area contributed by atoms with Gasteiger partial charge >= 0.3 is 5.97 Å². The first-order valence-electron chi connectivity index (χ1n) is 11.5. The third kappa shape index (κ3) is 3.84. The van der Waals surface area contributed by atoms with Crippen molar-refractivity contribution in [1.82, 2.24) is 15.0 Å². The average Bonchev–Trinajstić information content (AvgIpc) is 3.57. The van der Waals surface area contributed by atoms with E-state index in [4.69, 9.17) is 25.7 Å². The third-order valence-electron chi connectivity index (χ3n) is 6.46. The van der Waals surface area contributed by atoms with Gasteiger partial charge in [0.2, 0.25) is 0 Å². The van der Waals surface area contributed by atoms with E-state index in [-0.39, 0.29) is 23.1 Å². The number of Topliss-reactive ketones (excluding diaryl/α,β-unsaturated/α-hetero) is 1. The van der Waals surface area contributed by atoms with Crippen molar-refractivity contribution in [2.45, 2.75) is 42.4 Å². The number of carbonyl (C=O) groups is 2. The number of hydrogen-bond donors (Lipinski definition) is 2. The van der Waals surface area contributed by atoms with Crippen LogP contribution in [0.15, 0.2) is 50.1 Å². The Kier molecular flexibility index (Phi) is 5.72. The molecule has 184 valence electrons. The summed E-state index contributed by atoms with van der Waals surface area (Å²) in [5.74, 6) is -1.18. The van der Waals surface area contributed by atoms with E-state index >= 15 is 0 Å². The number of nitrogens with zero attached hydrogens (tertiary/aromatic N) is 2. The standard InChI is InChI=1S/C25H20ClFN4O4S/c1-2-34-24(33)23-22-11(10-28-23)20(21-14(29-22)4-3-5-17(21)32)18-6-7-19(35-18)36-25-30-15-8-12(26)13(27)9-16(15)31-25/h6-10,20-21,28H,2-5H2,1H3,(H,30,31). The number of nitrogens with one attached hydrogen (secondary N) is 2. The van der Waals surface area contributed by atoms with Gasteiger partial charge in [0.1, 0.15) is 17.4 Å². The van der Waals surface area contributed by atoms with Gasteiger partial charge in [-0.2, -0.15) is 0 Å². The molecule has 2 atom stereocenters. The van der Waals surface area contributed by atoms with E-state index in [1.165, 1.54) is 23.9 Å². The molecule has 0 saturated heterocycles. The summed E-state index contributed by atoms with van der Waals surface area (Å²) >= 11 is 7.11. The number of esters is 1. The highest BCUT2D eigenvalue weighted by Gasteiger charge is 2.44. The number of ether oxygens (including phenoxy) is 1. The number of aromatic nitrogens is 3. The minimum absolute atomic E-state index is 0.00208. The van der Waals surface area contributed by atoms with Crippen molar-refractivity contribution in [3.63, 3.8) is 0 Å². The molecule has 3 aromatic heterocycles. The molecule has 36 heavy (non-hydrogen) atoms. The molecule has 4 heterocycles. The molecule has 11 heteroatoms. The molecule has 1 saturated carbocycles. The Morgan fingerprint density at radius 1 is 1.31 bits per heavy atom. The first-order valence-corrected chi connectivity index (χ1v) is 12.7. The molecule has 1 aliphatic heterocycles. The minimum atomic E-state index is -0.527. The lowest BCUT2D eigenvalue weighted by Crippen LogP contribution is -2.36. The quantitative estimate of drug-likeness (QED) is 0.300. The van der Waals surface area contributed by atoms with Crippen molar-refractivity contribution in [2.75, 3.05) is 6.61 Å². The van der Waals surface area contributed by atoms with Crippen LogP contribution in [0.5, 0.6) is 0 Å². The van der Waals surface area contributed by atoms with Gasteiger partial charge in [0.15, 0.2) is 15.9 Å². The summed E-state index contributed by atoms with van der Waals surface area (Å²) in [4.78, 5) is 40.8. The number of H-pyrrole nitrogens is 2. The fourth-order valence-electron chi connectivity index (χ4n) is 4.91. The summed E-state index contributed by atoms with van der Waals surface area (Å²) in [6.07, 6.45) is 3.60. The van der Waals surface area contributed by atoms with E-state index in [0.29, 0.717) is 45.6 Å². The fraction of sp³-hybridized carbons (Fsp3) is 0.280. The maximum atomic E-state index is 13.8. The molecule has 0 spiro atoms. The van der Waals surface area contributed by atoms with E-state index in [0.717, 1.165) is 17.7 Å². The zero-order valence-electron chi connectivity index (χ0n) is 19.1. The van der Waals surface area contributed by atoms with Crippen LogP contribution in [0, 0.1) is 11.7 Å². The summed E-state index contributed by atoms with van der Waals surface area (Å²) in [5.41, 5.74) is 3.32. The Morgan fingerprint density at radius 3 is 3.00 bits per heavy atom. The number of aliphatic imine (C=N–C) groups is 1. The number of furan rings is 1. The second kappa shape index (κ2) is 8.94. The van der Waals surface area contributed by atoms with Gasteiger partial charge in [-0.15, -0.1) is 0 Å². The average molecular weight is 527 g/mol. The van der Waals surface area contributed by atoms with Crippen molar-refractivity contribution in [3.05, 3.63) is 58.3 Å². The van der Waals surface area contributed by atoms with E-state index in [1.807, 2.05) is 6.07 Å². The monoisotopic (exact) mass is 526 g/mol. The van der Waals surface area contributed by atoms with Gasteiger partial charge < -0.3 is 19.1 Å². The van der Waals surface area contributed by atoms with Crippen molar-refractivity contribution < 1.29 is 23.1 Å². The van der Waals surface area contributed by atoms with Crippen LogP contribution >= 0.6 is 23.4 Å². The SMILES string of the molecule is CCOC(=O)c1[nH]cc2c1N=C1CCCC(=O)C1C2c1ccc(Sc2nc3cc(Cl)c(F)cc3[nH]2)o1. The second-order valence-electron chi connectivity index (χ2n) is 8.65. The Hall–Kier alpha value is -3.37. The summed E-state index contributed by atoms with van der Waals surface area (Å²) in [5, 5.41) is 1.06. The zero-order chi connectivity index (χ0) is 25.0. The van der Waals surface area contributed by atoms with Crippen LogP contribution in [0.3, 0.4) is 0 Å². The minimum Gasteiger partial charge on any atom is -0.461 e. The number of benzene rings is 1. The number of rotatable bonds is 5. The van der Waals surface area contributed by atoms with E-state index in [9.17, 15) is 14.0 Å². The number of aromatic amines is 2. The highest BCUT2D eigenvalue weighted by molar-refractivity contribution is 7.99. The Morgan fingerprint density at radius 2 is 2.17 bits per heavy atom. The molecular weight excluding hydrogens is 507 g/mol. The van der Waals surface area contributed by atoms with Crippen LogP contribution < -0.4 is 0 Å². The van der Waals surface area contributed by atoms with E-state index in [2.05, 4.69) is 15.0 Å². The van der Waals surface area contributed by atoms with Gasteiger partial charge in [-0.1, -0.05) is 11.6 Å². The third-order valence-corrected chi connectivity index (χ3v) is 7.55. The fourth-order valence-corrected chi connectivity index (χ4v) is 5.84. The number of imidazole rings is 1. The molecule has 2 aliphatic rings. The topological polar surface area (TPSA) is 113 Å². The van der Waals surface area contributed by atoms with Crippen LogP contribution in [-0.4, -0.2) is 39.0 Å². The molecule has 4 aromatic rings. The first-order chi connectivity index (χ1) is 17.4. The van der Waals surface area contributed by atoms with Gasteiger partial charge in [-0.3, -0.25) is 9.79 Å². The van der Waals surface area contributed by atoms with Crippen molar-refractivity contribution in [2.24, 2.45) is 10.9 Å². The normalized spacial score (nSPS) is 19.2. The summed E-state index contributed by atoms with van der Waals surface area (Å²) in [6.45, 7) is 1.99. The summed E-state index contributed by atoms with van der Waals surface area (Å²) in [6, 6.07) is 6.40. The lowest BCUT2D eigenvalue weighted by Gasteiger charge is -2.32. The Bertz CT molecular complexity index is 1520. The predicted octanol–water partition coefficient (Wildman–Crippen LogP) is 6.19. The predicted molar refractivity (Wildman–Crippen MR) is 132 cm³/mol. The number of ketones is 1. The summed E-state index contributed by atoms with van der Waals surface area (Å²) < 4.78 is 25.2. The lowest BCUT2D eigenvalue weighted by molar-refractivity contribution is -0.122. The van der Waals surface area contributed by atoms with Crippen LogP contribution in [0.2, 0.25) is 5.02 Å². The largest absolute Gasteiger partial charge is 0.461 e. The van der Waals surface area contributed by atoms with E-state index < -0.39 is 23.6 Å². The first kappa shape index (κ1) is 23.1. The molecule has 6 rings (SSSR count). The maximum Gasteiger partial charge on any atom is 0.357 e. The Balaban J connectivity index is 1.36. The van der Waals surface area contributed by atoms with Gasteiger partial charge in [0.25, 0.3) is 0 Å². The summed E-state index contributed by atoms with van der Waals surface area (Å²) in [7, 11) is 0. The molecule has 1 fully saturated rings. The smallest absolute Gasteiger partial charge is 0.357 e. The molecule has 0 radical (unpaired) electrons. The molecule has 8 nitrogen and oxygen atoms in total. The molecule has 2 N–H and O–H groups in total. The Labute approximate surface area is 213 Å². The molecular formula is C25H20ClFN4O4S. The highest BCUT2D eigenvalue weighted by atomic mass is 35.5. The van der Waals surface area contributed by atoms with Gasteiger partial charge in [-0.25, -0.2) is 14.2 Å². The number of fused-ring (bicyclic) bond motifs is 3. The van der Waals surface area contributed by atoms with Crippen molar-refractivity contribution in [1.29, 1.82) is 0 Å². The van der Waals surface area contributed by atoms with Crippen molar-refractivity contribution >= 4 is 57.5 Å². The second-order valence-corrected chi connectivity index (χ2v) is 10.1. The zero-order valence-corrected chi connectivity index (χ0v) is 20.6. The van der Waals surface area contributed by atoms with Crippen LogP contribution in [-0.2, 0) is 9.53 Å². The molecule has 0 bridgehead atoms. The molecule has 1 aromatic carbocycles. The molecule has 1 aliphatic carbocycles. The lowest BCUT2D eigenvalue weighted by atomic mass is 9.72. The highest BCUT2D eigenvalue weighted by Crippen LogP contribution is 2.48. The molecule has 2 unspecified atom stereocenters. The maximum absolute atomic E-state index is 13.8. The van der Waals surface area contributed by atoms with Gasteiger partial charge in [-0.05, 0) is 49.7 Å².